The summed E-state index contributed by atoms with van der Waals surface area (Å²) >= 11 is 0. The van der Waals surface area contributed by atoms with Gasteiger partial charge in [-0.2, -0.15) is 13.1 Å². The van der Waals surface area contributed by atoms with Crippen molar-refractivity contribution in [2.45, 2.75) is 33.2 Å². The lowest BCUT2D eigenvalue weighted by Gasteiger charge is -2.14. The molecule has 0 aliphatic heterocycles. The lowest BCUT2D eigenvalue weighted by molar-refractivity contribution is 0.586. The van der Waals surface area contributed by atoms with Crippen LogP contribution >= 0.6 is 0 Å². The Morgan fingerprint density at radius 2 is 1.79 bits per heavy atom. The summed E-state index contributed by atoms with van der Waals surface area (Å²) in [6, 6.07) is 7.65. The summed E-state index contributed by atoms with van der Waals surface area (Å²) in [4.78, 5) is 0. The van der Waals surface area contributed by atoms with E-state index in [0.29, 0.717) is 12.2 Å². The largest absolute Gasteiger partial charge is 0.310 e. The molecule has 5 nitrogen and oxygen atoms in total. The Kier molecular flexibility index (Phi) is 6.27. The lowest BCUT2D eigenvalue weighted by atomic mass is 10.1. The van der Waals surface area contributed by atoms with E-state index >= 15 is 0 Å². The molecular weight excluding hydrogens is 262 g/mol. The lowest BCUT2D eigenvalue weighted by Crippen LogP contribution is -2.30. The van der Waals surface area contributed by atoms with Gasteiger partial charge in [0, 0.05) is 18.3 Å². The van der Waals surface area contributed by atoms with E-state index in [4.69, 9.17) is 0 Å². The van der Waals surface area contributed by atoms with Crippen LogP contribution in [-0.2, 0) is 10.2 Å². The minimum absolute atomic E-state index is 0.258. The third-order valence-electron chi connectivity index (χ3n) is 2.72. The quantitative estimate of drug-likeness (QED) is 0.684. The number of anilines is 1. The van der Waals surface area contributed by atoms with Gasteiger partial charge in [0.05, 0.1) is 0 Å². The third kappa shape index (κ3) is 5.59. The summed E-state index contributed by atoms with van der Waals surface area (Å²) < 4.78 is 28.2. The van der Waals surface area contributed by atoms with Crippen molar-refractivity contribution in [1.82, 2.24) is 10.0 Å². The first kappa shape index (κ1) is 15.9. The number of rotatable bonds is 8. The maximum atomic E-state index is 11.6. The van der Waals surface area contributed by atoms with Gasteiger partial charge in [-0.15, -0.1) is 0 Å². The zero-order valence-corrected chi connectivity index (χ0v) is 12.5. The van der Waals surface area contributed by atoms with Gasteiger partial charge >= 0.3 is 0 Å². The normalized spacial score (nSPS) is 13.2. The highest BCUT2D eigenvalue weighted by molar-refractivity contribution is 7.90. The number of hydrogen-bond donors (Lipinski definition) is 3. The molecule has 0 aliphatic carbocycles. The minimum Gasteiger partial charge on any atom is -0.310 e. The molecule has 19 heavy (non-hydrogen) atoms. The Labute approximate surface area is 116 Å². The Hall–Kier alpha value is -1.11. The van der Waals surface area contributed by atoms with Crippen LogP contribution in [0.25, 0.3) is 0 Å². The van der Waals surface area contributed by atoms with E-state index in [2.05, 4.69) is 28.6 Å². The summed E-state index contributed by atoms with van der Waals surface area (Å²) in [6.45, 7) is 7.38. The van der Waals surface area contributed by atoms with E-state index in [-0.39, 0.29) is 6.04 Å². The molecule has 0 aliphatic rings. The van der Waals surface area contributed by atoms with E-state index in [1.807, 2.05) is 19.1 Å². The average Bonchev–Trinajstić information content (AvgIpc) is 2.37. The second-order valence-electron chi connectivity index (χ2n) is 4.40. The molecule has 6 heteroatoms. The monoisotopic (exact) mass is 285 g/mol. The molecule has 0 heterocycles. The van der Waals surface area contributed by atoms with Crippen molar-refractivity contribution >= 4 is 15.9 Å². The SMILES string of the molecule is CCCNS(=O)(=O)Nc1ccc(C(C)NCC)cc1. The molecule has 0 radical (unpaired) electrons. The number of benzene rings is 1. The van der Waals surface area contributed by atoms with Crippen molar-refractivity contribution in [3.63, 3.8) is 0 Å². The third-order valence-corrected chi connectivity index (χ3v) is 3.80. The molecule has 1 aromatic rings. The van der Waals surface area contributed by atoms with Crippen molar-refractivity contribution in [3.05, 3.63) is 29.8 Å². The Morgan fingerprint density at radius 1 is 1.16 bits per heavy atom. The second kappa shape index (κ2) is 7.47. The van der Waals surface area contributed by atoms with Crippen LogP contribution in [-0.4, -0.2) is 21.5 Å². The summed E-state index contributed by atoms with van der Waals surface area (Å²) in [5, 5.41) is 3.31. The summed E-state index contributed by atoms with van der Waals surface area (Å²) in [6.07, 6.45) is 0.764. The molecule has 3 N–H and O–H groups in total. The fraction of sp³-hybridized carbons (Fsp3) is 0.538. The Bertz CT molecular complexity index is 471. The molecule has 0 saturated carbocycles. The number of nitrogens with one attached hydrogen (secondary N) is 3. The second-order valence-corrected chi connectivity index (χ2v) is 5.90. The van der Waals surface area contributed by atoms with Crippen molar-refractivity contribution in [2.24, 2.45) is 0 Å². The molecule has 1 atom stereocenters. The fourth-order valence-electron chi connectivity index (χ4n) is 1.69. The molecule has 108 valence electrons. The first-order valence-electron chi connectivity index (χ1n) is 6.59. The summed E-state index contributed by atoms with van der Waals surface area (Å²) in [5.41, 5.74) is 1.70. The van der Waals surface area contributed by atoms with Crippen molar-refractivity contribution < 1.29 is 8.42 Å². The number of hydrogen-bond acceptors (Lipinski definition) is 3. The first-order chi connectivity index (χ1) is 8.98. The van der Waals surface area contributed by atoms with Gasteiger partial charge in [0.15, 0.2) is 0 Å². The predicted molar refractivity (Wildman–Crippen MR) is 79.4 cm³/mol. The van der Waals surface area contributed by atoms with Crippen molar-refractivity contribution in [2.75, 3.05) is 17.8 Å². The molecule has 0 fully saturated rings. The Morgan fingerprint density at radius 3 is 2.32 bits per heavy atom. The highest BCUT2D eigenvalue weighted by Gasteiger charge is 2.09. The molecule has 0 spiro atoms. The smallest absolute Gasteiger partial charge is 0.299 e. The van der Waals surface area contributed by atoms with Crippen LogP contribution in [0, 0.1) is 0 Å². The van der Waals surface area contributed by atoms with Gasteiger partial charge in [-0.05, 0) is 37.6 Å². The van der Waals surface area contributed by atoms with Crippen LogP contribution in [0.4, 0.5) is 5.69 Å². The van der Waals surface area contributed by atoms with Gasteiger partial charge in [0.1, 0.15) is 0 Å². The maximum absolute atomic E-state index is 11.6. The summed E-state index contributed by atoms with van der Waals surface area (Å²) in [7, 11) is -3.46. The van der Waals surface area contributed by atoms with Crippen LogP contribution in [0.1, 0.15) is 38.8 Å². The van der Waals surface area contributed by atoms with Gasteiger partial charge in [-0.25, -0.2) is 0 Å². The van der Waals surface area contributed by atoms with Crippen LogP contribution in [0.5, 0.6) is 0 Å². The van der Waals surface area contributed by atoms with Gasteiger partial charge in [0.2, 0.25) is 0 Å². The van der Waals surface area contributed by atoms with Crippen LogP contribution in [0.15, 0.2) is 24.3 Å². The van der Waals surface area contributed by atoms with E-state index in [1.165, 1.54) is 0 Å². The van der Waals surface area contributed by atoms with Crippen LogP contribution < -0.4 is 14.8 Å². The average molecular weight is 285 g/mol. The molecule has 1 unspecified atom stereocenters. The zero-order chi connectivity index (χ0) is 14.3. The molecule has 0 bridgehead atoms. The van der Waals surface area contributed by atoms with Crippen LogP contribution in [0.3, 0.4) is 0 Å². The fourth-order valence-corrected chi connectivity index (χ4v) is 2.68. The maximum Gasteiger partial charge on any atom is 0.299 e. The molecule has 1 rings (SSSR count). The highest BCUT2D eigenvalue weighted by Crippen LogP contribution is 2.16. The van der Waals surface area contributed by atoms with Gasteiger partial charge < -0.3 is 5.32 Å². The topological polar surface area (TPSA) is 70.2 Å². The summed E-state index contributed by atoms with van der Waals surface area (Å²) in [5.74, 6) is 0. The molecule has 0 amide bonds. The molecule has 0 aromatic heterocycles. The van der Waals surface area contributed by atoms with Crippen LogP contribution in [0.2, 0.25) is 0 Å². The molecular formula is C13H23N3O2S. The highest BCUT2D eigenvalue weighted by atomic mass is 32.2. The van der Waals surface area contributed by atoms with Gasteiger partial charge in [-0.1, -0.05) is 26.0 Å². The molecule has 0 saturated heterocycles. The first-order valence-corrected chi connectivity index (χ1v) is 8.07. The van der Waals surface area contributed by atoms with Crippen molar-refractivity contribution in [3.8, 4) is 0 Å². The predicted octanol–water partition coefficient (Wildman–Crippen LogP) is 2.01. The van der Waals surface area contributed by atoms with E-state index in [9.17, 15) is 8.42 Å². The Balaban J connectivity index is 2.66. The minimum atomic E-state index is -3.46. The van der Waals surface area contributed by atoms with Crippen molar-refractivity contribution in [1.29, 1.82) is 0 Å². The standard InChI is InChI=1S/C13H23N3O2S/c1-4-10-15-19(17,18)16-13-8-6-12(7-9-13)11(3)14-5-2/h6-9,11,14-16H,4-5,10H2,1-3H3. The molecule has 1 aromatic carbocycles. The zero-order valence-electron chi connectivity index (χ0n) is 11.7. The van der Waals surface area contributed by atoms with E-state index in [0.717, 1.165) is 18.5 Å². The van der Waals surface area contributed by atoms with Gasteiger partial charge in [0.25, 0.3) is 10.2 Å². The van der Waals surface area contributed by atoms with Gasteiger partial charge in [-0.3, -0.25) is 4.72 Å². The van der Waals surface area contributed by atoms with E-state index in [1.54, 1.807) is 12.1 Å². The van der Waals surface area contributed by atoms with E-state index < -0.39 is 10.2 Å².